The smallest absolute Gasteiger partial charge is 0.211 e. The SMILES string of the molecule is C1CCCCC1.O=C=Nc1ccc(N=C=O)cc1. The van der Waals surface area contributed by atoms with E-state index in [9.17, 15) is 9.59 Å². The Morgan fingerprint density at radius 3 is 1.17 bits per heavy atom. The van der Waals surface area contributed by atoms with E-state index in [1.54, 1.807) is 24.3 Å². The monoisotopic (exact) mass is 244 g/mol. The van der Waals surface area contributed by atoms with E-state index < -0.39 is 0 Å². The van der Waals surface area contributed by atoms with Crippen molar-refractivity contribution in [1.82, 2.24) is 0 Å². The van der Waals surface area contributed by atoms with E-state index in [-0.39, 0.29) is 0 Å². The van der Waals surface area contributed by atoms with Gasteiger partial charge < -0.3 is 0 Å². The summed E-state index contributed by atoms with van der Waals surface area (Å²) in [5.74, 6) is 0. The summed E-state index contributed by atoms with van der Waals surface area (Å²) >= 11 is 0. The minimum Gasteiger partial charge on any atom is -0.211 e. The first-order valence-corrected chi connectivity index (χ1v) is 6.12. The van der Waals surface area contributed by atoms with E-state index in [1.807, 2.05) is 0 Å². The molecule has 18 heavy (non-hydrogen) atoms. The predicted octanol–water partition coefficient (Wildman–Crippen LogP) is 3.96. The molecule has 4 heteroatoms. The van der Waals surface area contributed by atoms with Gasteiger partial charge in [-0.2, -0.15) is 9.98 Å². The van der Waals surface area contributed by atoms with Gasteiger partial charge in [-0.15, -0.1) is 0 Å². The number of hydrogen-bond donors (Lipinski definition) is 0. The van der Waals surface area contributed by atoms with E-state index in [0.717, 1.165) is 0 Å². The van der Waals surface area contributed by atoms with Gasteiger partial charge in [-0.1, -0.05) is 38.5 Å². The van der Waals surface area contributed by atoms with E-state index >= 15 is 0 Å². The summed E-state index contributed by atoms with van der Waals surface area (Å²) in [6.07, 6.45) is 11.8. The largest absolute Gasteiger partial charge is 0.240 e. The molecule has 0 aliphatic heterocycles. The summed E-state index contributed by atoms with van der Waals surface area (Å²) in [7, 11) is 0. The summed E-state index contributed by atoms with van der Waals surface area (Å²) in [4.78, 5) is 26.3. The number of hydrogen-bond acceptors (Lipinski definition) is 4. The molecule has 0 saturated heterocycles. The highest BCUT2D eigenvalue weighted by Gasteiger charge is 1.95. The Morgan fingerprint density at radius 1 is 0.667 bits per heavy atom. The van der Waals surface area contributed by atoms with Gasteiger partial charge >= 0.3 is 0 Å². The molecule has 1 fully saturated rings. The highest BCUT2D eigenvalue weighted by Crippen LogP contribution is 2.17. The van der Waals surface area contributed by atoms with Gasteiger partial charge in [0.2, 0.25) is 12.2 Å². The summed E-state index contributed by atoms with van der Waals surface area (Å²) in [5, 5.41) is 0. The third kappa shape index (κ3) is 5.90. The highest BCUT2D eigenvalue weighted by atomic mass is 16.1. The molecule has 0 radical (unpaired) electrons. The number of aliphatic imine (C=N–C) groups is 2. The molecule has 4 nitrogen and oxygen atoms in total. The Hall–Kier alpha value is -2.02. The second-order valence-electron chi connectivity index (χ2n) is 4.04. The van der Waals surface area contributed by atoms with Gasteiger partial charge in [0.25, 0.3) is 0 Å². The maximum atomic E-state index is 9.81. The van der Waals surface area contributed by atoms with E-state index in [2.05, 4.69) is 9.98 Å². The molecule has 0 amide bonds. The highest BCUT2D eigenvalue weighted by molar-refractivity contribution is 5.55. The van der Waals surface area contributed by atoms with Crippen molar-refractivity contribution in [2.45, 2.75) is 38.5 Å². The lowest BCUT2D eigenvalue weighted by molar-refractivity contribution is 0.504. The Morgan fingerprint density at radius 2 is 0.944 bits per heavy atom. The molecule has 0 heterocycles. The molecular weight excluding hydrogens is 228 g/mol. The van der Waals surface area contributed by atoms with Crippen LogP contribution in [0.1, 0.15) is 38.5 Å². The van der Waals surface area contributed by atoms with Gasteiger partial charge in [0.1, 0.15) is 0 Å². The number of carbonyl (C=O) groups excluding carboxylic acids is 2. The predicted molar refractivity (Wildman–Crippen MR) is 69.7 cm³/mol. The van der Waals surface area contributed by atoms with E-state index in [4.69, 9.17) is 0 Å². The van der Waals surface area contributed by atoms with Crippen LogP contribution in [0.5, 0.6) is 0 Å². The number of rotatable bonds is 2. The maximum absolute atomic E-state index is 9.81. The molecule has 1 aromatic carbocycles. The molecule has 2 rings (SSSR count). The number of isocyanates is 2. The molecule has 1 aliphatic rings. The van der Waals surface area contributed by atoms with Crippen LogP contribution >= 0.6 is 0 Å². The second-order valence-corrected chi connectivity index (χ2v) is 4.04. The third-order valence-corrected chi connectivity index (χ3v) is 2.70. The molecule has 1 aliphatic carbocycles. The van der Waals surface area contributed by atoms with Gasteiger partial charge in [0.15, 0.2) is 0 Å². The van der Waals surface area contributed by atoms with Gasteiger partial charge in [-0.3, -0.25) is 0 Å². The van der Waals surface area contributed by atoms with Crippen LogP contribution in [0.25, 0.3) is 0 Å². The molecular formula is C14H16N2O2. The molecule has 0 bridgehead atoms. The molecule has 0 unspecified atom stereocenters. The quantitative estimate of drug-likeness (QED) is 0.584. The van der Waals surface area contributed by atoms with Crippen molar-refractivity contribution in [3.63, 3.8) is 0 Å². The average molecular weight is 244 g/mol. The van der Waals surface area contributed by atoms with Crippen molar-refractivity contribution in [3.8, 4) is 0 Å². The van der Waals surface area contributed by atoms with Gasteiger partial charge in [0.05, 0.1) is 11.4 Å². The standard InChI is InChI=1S/C8H4N2O2.C6H12/c11-5-9-7-1-2-8(4-3-7)10-6-12;1-2-4-6-5-3-1/h1-4H;1-6H2. The first-order chi connectivity index (χ1) is 8.86. The Labute approximate surface area is 106 Å². The van der Waals surface area contributed by atoms with E-state index in [0.29, 0.717) is 11.4 Å². The molecule has 0 aromatic heterocycles. The van der Waals surface area contributed by atoms with Crippen LogP contribution in [0, 0.1) is 0 Å². The first kappa shape index (κ1) is 14.0. The molecule has 0 N–H and O–H groups in total. The Kier molecular flexibility index (Phi) is 7.07. The third-order valence-electron chi connectivity index (χ3n) is 2.70. The van der Waals surface area contributed by atoms with Gasteiger partial charge in [0, 0.05) is 0 Å². The van der Waals surface area contributed by atoms with Crippen molar-refractivity contribution in [2.24, 2.45) is 9.98 Å². The molecule has 94 valence electrons. The van der Waals surface area contributed by atoms with Crippen molar-refractivity contribution < 1.29 is 9.59 Å². The first-order valence-electron chi connectivity index (χ1n) is 6.12. The molecule has 1 aromatic rings. The number of benzene rings is 1. The van der Waals surface area contributed by atoms with Crippen molar-refractivity contribution in [1.29, 1.82) is 0 Å². The lowest BCUT2D eigenvalue weighted by Gasteiger charge is -2.05. The normalized spacial score (nSPS) is 13.3. The lowest BCUT2D eigenvalue weighted by Crippen LogP contribution is -1.85. The van der Waals surface area contributed by atoms with Crippen molar-refractivity contribution in [3.05, 3.63) is 24.3 Å². The number of nitrogens with zero attached hydrogens (tertiary/aromatic N) is 2. The minimum absolute atomic E-state index is 0.481. The molecule has 1 saturated carbocycles. The second kappa shape index (κ2) is 9.06. The fraction of sp³-hybridized carbons (Fsp3) is 0.429. The lowest BCUT2D eigenvalue weighted by atomic mass is 10.0. The minimum atomic E-state index is 0.481. The molecule has 0 atom stereocenters. The van der Waals surface area contributed by atoms with Crippen LogP contribution in [0.3, 0.4) is 0 Å². The van der Waals surface area contributed by atoms with E-state index in [1.165, 1.54) is 50.7 Å². The van der Waals surface area contributed by atoms with Crippen molar-refractivity contribution in [2.75, 3.05) is 0 Å². The van der Waals surface area contributed by atoms with Gasteiger partial charge in [-0.05, 0) is 24.3 Å². The van der Waals surface area contributed by atoms with Gasteiger partial charge in [-0.25, -0.2) is 9.59 Å². The average Bonchev–Trinajstić information content (AvgIpc) is 2.44. The summed E-state index contributed by atoms with van der Waals surface area (Å²) in [6, 6.07) is 6.23. The Bertz CT molecular complexity index is 389. The van der Waals surface area contributed by atoms with Crippen LogP contribution in [0.2, 0.25) is 0 Å². The fourth-order valence-corrected chi connectivity index (χ4v) is 1.77. The summed E-state index contributed by atoms with van der Waals surface area (Å²) < 4.78 is 0. The fourth-order valence-electron chi connectivity index (χ4n) is 1.77. The summed E-state index contributed by atoms with van der Waals surface area (Å²) in [5.41, 5.74) is 0.963. The van der Waals surface area contributed by atoms with Crippen LogP contribution in [0.4, 0.5) is 11.4 Å². The zero-order chi connectivity index (χ0) is 13.1. The topological polar surface area (TPSA) is 58.9 Å². The van der Waals surface area contributed by atoms with Crippen LogP contribution in [-0.2, 0) is 9.59 Å². The zero-order valence-corrected chi connectivity index (χ0v) is 10.3. The maximum Gasteiger partial charge on any atom is 0.240 e. The zero-order valence-electron chi connectivity index (χ0n) is 10.3. The van der Waals surface area contributed by atoms with Crippen LogP contribution in [-0.4, -0.2) is 12.2 Å². The van der Waals surface area contributed by atoms with Crippen LogP contribution < -0.4 is 0 Å². The Balaban J connectivity index is 0.000000225. The van der Waals surface area contributed by atoms with Crippen molar-refractivity contribution >= 4 is 23.5 Å². The summed E-state index contributed by atoms with van der Waals surface area (Å²) in [6.45, 7) is 0. The molecule has 0 spiro atoms. The van der Waals surface area contributed by atoms with Crippen LogP contribution in [0.15, 0.2) is 34.3 Å².